The molecule has 1 aliphatic heterocycles. The monoisotopic (exact) mass is 326 g/mol. The molecule has 2 aliphatic rings. The van der Waals surface area contributed by atoms with Crippen LogP contribution >= 0.6 is 0 Å². The van der Waals surface area contributed by atoms with E-state index in [4.69, 9.17) is 14.2 Å². The van der Waals surface area contributed by atoms with Crippen LogP contribution in [0, 0.1) is 11.3 Å². The lowest BCUT2D eigenvalue weighted by Gasteiger charge is -2.45. The molecular weight excluding hydrogens is 300 g/mol. The van der Waals surface area contributed by atoms with Gasteiger partial charge in [-0.15, -0.1) is 0 Å². The highest BCUT2D eigenvalue weighted by molar-refractivity contribution is 6.06. The third kappa shape index (κ3) is 2.95. The number of rotatable bonds is 2. The Morgan fingerprint density at radius 3 is 1.78 bits per heavy atom. The minimum atomic E-state index is -1.62. The maximum Gasteiger partial charge on any atom is 0.325 e. The molecule has 0 aromatic heterocycles. The SMILES string of the molecule is CC(C)(C)OC(=O)C1(C(=O)OC(C)(C)C)CC[C@]2(C)OC(=O)[C@H]12. The lowest BCUT2D eigenvalue weighted by Crippen LogP contribution is -2.62. The highest BCUT2D eigenvalue weighted by Gasteiger charge is 2.75. The molecule has 6 heteroatoms. The third-order valence-corrected chi connectivity index (χ3v) is 4.21. The number of fused-ring (bicyclic) bond motifs is 1. The normalized spacial score (nSPS) is 29.2. The van der Waals surface area contributed by atoms with Crippen molar-refractivity contribution < 1.29 is 28.6 Å². The Kier molecular flexibility index (Phi) is 3.82. The number of esters is 3. The van der Waals surface area contributed by atoms with Gasteiger partial charge in [0, 0.05) is 0 Å². The summed E-state index contributed by atoms with van der Waals surface area (Å²) in [5.41, 5.74) is -3.95. The van der Waals surface area contributed by atoms with Gasteiger partial charge in [0.1, 0.15) is 22.7 Å². The molecule has 0 amide bonds. The summed E-state index contributed by atoms with van der Waals surface area (Å²) in [4.78, 5) is 37.7. The van der Waals surface area contributed by atoms with Gasteiger partial charge in [-0.25, -0.2) is 0 Å². The van der Waals surface area contributed by atoms with Crippen LogP contribution in [0.2, 0.25) is 0 Å². The summed E-state index contributed by atoms with van der Waals surface area (Å²) in [6, 6.07) is 0. The summed E-state index contributed by atoms with van der Waals surface area (Å²) < 4.78 is 16.1. The Bertz CT molecular complexity index is 522. The van der Waals surface area contributed by atoms with Crippen molar-refractivity contribution in [1.82, 2.24) is 0 Å². The van der Waals surface area contributed by atoms with Crippen molar-refractivity contribution in [3.05, 3.63) is 0 Å². The minimum absolute atomic E-state index is 0.184. The summed E-state index contributed by atoms with van der Waals surface area (Å²) in [6.45, 7) is 12.1. The van der Waals surface area contributed by atoms with Crippen LogP contribution in [0.5, 0.6) is 0 Å². The third-order valence-electron chi connectivity index (χ3n) is 4.21. The van der Waals surface area contributed by atoms with Crippen LogP contribution < -0.4 is 0 Å². The van der Waals surface area contributed by atoms with E-state index in [-0.39, 0.29) is 6.42 Å². The molecule has 130 valence electrons. The van der Waals surface area contributed by atoms with E-state index in [9.17, 15) is 14.4 Å². The van der Waals surface area contributed by atoms with Crippen molar-refractivity contribution in [2.75, 3.05) is 0 Å². The van der Waals surface area contributed by atoms with Crippen molar-refractivity contribution in [2.24, 2.45) is 11.3 Å². The molecule has 0 aromatic rings. The summed E-state index contributed by atoms with van der Waals surface area (Å²) >= 11 is 0. The van der Waals surface area contributed by atoms with Gasteiger partial charge in [-0.05, 0) is 61.3 Å². The molecular formula is C17H26O6. The first kappa shape index (κ1) is 17.8. The topological polar surface area (TPSA) is 78.9 Å². The second-order valence-corrected chi connectivity index (χ2v) is 8.64. The van der Waals surface area contributed by atoms with Crippen molar-refractivity contribution in [1.29, 1.82) is 0 Å². The van der Waals surface area contributed by atoms with Gasteiger partial charge in [0.25, 0.3) is 0 Å². The quantitative estimate of drug-likeness (QED) is 0.440. The summed E-state index contributed by atoms with van der Waals surface area (Å²) in [5, 5.41) is 0. The van der Waals surface area contributed by atoms with E-state index in [1.807, 2.05) is 0 Å². The number of ether oxygens (including phenoxy) is 3. The lowest BCUT2D eigenvalue weighted by molar-refractivity contribution is -0.225. The van der Waals surface area contributed by atoms with Crippen molar-refractivity contribution >= 4 is 17.9 Å². The summed E-state index contributed by atoms with van der Waals surface area (Å²) in [6.07, 6.45) is 0.617. The van der Waals surface area contributed by atoms with E-state index >= 15 is 0 Å². The zero-order chi connectivity index (χ0) is 17.8. The number of hydrogen-bond acceptors (Lipinski definition) is 6. The molecule has 6 nitrogen and oxygen atoms in total. The maximum absolute atomic E-state index is 12.9. The molecule has 0 aromatic carbocycles. The van der Waals surface area contributed by atoms with Crippen LogP contribution in [0.3, 0.4) is 0 Å². The zero-order valence-electron chi connectivity index (χ0n) is 14.9. The predicted octanol–water partition coefficient (Wildman–Crippen LogP) is 2.38. The van der Waals surface area contributed by atoms with Gasteiger partial charge in [0.05, 0.1) is 0 Å². The fraction of sp³-hybridized carbons (Fsp3) is 0.824. The molecule has 1 heterocycles. The molecule has 1 saturated carbocycles. The van der Waals surface area contributed by atoms with E-state index in [1.54, 1.807) is 48.5 Å². The van der Waals surface area contributed by atoms with Gasteiger partial charge in [-0.1, -0.05) is 0 Å². The minimum Gasteiger partial charge on any atom is -0.459 e. The lowest BCUT2D eigenvalue weighted by atomic mass is 9.71. The standard InChI is InChI=1S/C17H26O6/c1-14(2,3)22-12(19)17(13(20)23-15(4,5)6)9-8-16(7)10(17)11(18)21-16/h10H,8-9H2,1-7H3/t10-,16-/m0/s1. The van der Waals surface area contributed by atoms with Gasteiger partial charge >= 0.3 is 17.9 Å². The predicted molar refractivity (Wildman–Crippen MR) is 81.3 cm³/mol. The Morgan fingerprint density at radius 2 is 1.43 bits per heavy atom. The van der Waals surface area contributed by atoms with Crippen LogP contribution in [0.4, 0.5) is 0 Å². The Balaban J connectivity index is 2.42. The number of carbonyl (C=O) groups excluding carboxylic acids is 3. The first-order chi connectivity index (χ1) is 10.2. The molecule has 23 heavy (non-hydrogen) atoms. The fourth-order valence-electron chi connectivity index (χ4n) is 3.31. The average Bonchev–Trinajstić information content (AvgIpc) is 2.53. The number of carbonyl (C=O) groups is 3. The largest absolute Gasteiger partial charge is 0.459 e. The average molecular weight is 326 g/mol. The smallest absolute Gasteiger partial charge is 0.325 e. The molecule has 0 radical (unpaired) electrons. The van der Waals surface area contributed by atoms with Crippen molar-refractivity contribution in [3.8, 4) is 0 Å². The molecule has 2 fully saturated rings. The van der Waals surface area contributed by atoms with Gasteiger partial charge in [-0.3, -0.25) is 14.4 Å². The molecule has 2 atom stereocenters. The van der Waals surface area contributed by atoms with Crippen LogP contribution in [0.1, 0.15) is 61.3 Å². The van der Waals surface area contributed by atoms with E-state index in [0.717, 1.165) is 0 Å². The molecule has 0 N–H and O–H groups in total. The Morgan fingerprint density at radius 1 is 1.00 bits per heavy atom. The van der Waals surface area contributed by atoms with Gasteiger partial charge < -0.3 is 14.2 Å². The Labute approximate surface area is 136 Å². The Hall–Kier alpha value is -1.59. The fourth-order valence-corrected chi connectivity index (χ4v) is 3.31. The van der Waals surface area contributed by atoms with Crippen molar-refractivity contribution in [2.45, 2.75) is 78.1 Å². The molecule has 0 spiro atoms. The van der Waals surface area contributed by atoms with E-state index in [0.29, 0.717) is 6.42 Å². The summed E-state index contributed by atoms with van der Waals surface area (Å²) in [5.74, 6) is -2.80. The van der Waals surface area contributed by atoms with E-state index < -0.39 is 46.0 Å². The zero-order valence-corrected chi connectivity index (χ0v) is 14.9. The second-order valence-electron chi connectivity index (χ2n) is 8.64. The van der Waals surface area contributed by atoms with Crippen LogP contribution in [-0.4, -0.2) is 34.7 Å². The molecule has 1 aliphatic carbocycles. The molecule has 2 rings (SSSR count). The van der Waals surface area contributed by atoms with Crippen LogP contribution in [0.25, 0.3) is 0 Å². The second kappa shape index (κ2) is 4.95. The first-order valence-corrected chi connectivity index (χ1v) is 7.91. The summed E-state index contributed by atoms with van der Waals surface area (Å²) in [7, 11) is 0. The van der Waals surface area contributed by atoms with Gasteiger partial charge in [0.2, 0.25) is 0 Å². The highest BCUT2D eigenvalue weighted by Crippen LogP contribution is 2.59. The van der Waals surface area contributed by atoms with Gasteiger partial charge in [-0.2, -0.15) is 0 Å². The molecule has 0 bridgehead atoms. The number of hydrogen-bond donors (Lipinski definition) is 0. The van der Waals surface area contributed by atoms with Crippen LogP contribution in [0.15, 0.2) is 0 Å². The van der Waals surface area contributed by atoms with Gasteiger partial charge in [0.15, 0.2) is 5.41 Å². The maximum atomic E-state index is 12.9. The first-order valence-electron chi connectivity index (χ1n) is 7.91. The van der Waals surface area contributed by atoms with E-state index in [2.05, 4.69) is 0 Å². The molecule has 1 saturated heterocycles. The van der Waals surface area contributed by atoms with E-state index in [1.165, 1.54) is 0 Å². The highest BCUT2D eigenvalue weighted by atomic mass is 16.6. The van der Waals surface area contributed by atoms with Crippen molar-refractivity contribution in [3.63, 3.8) is 0 Å². The molecule has 0 unspecified atom stereocenters. The van der Waals surface area contributed by atoms with Crippen LogP contribution in [-0.2, 0) is 28.6 Å².